The number of esters is 1. The van der Waals surface area contributed by atoms with E-state index in [9.17, 15) is 9.59 Å². The predicted molar refractivity (Wildman–Crippen MR) is 105 cm³/mol. The zero-order valence-electron chi connectivity index (χ0n) is 15.4. The molecule has 0 aliphatic rings. The topological polar surface area (TPSA) is 43.4 Å². The molecule has 3 heteroatoms. The maximum atomic E-state index is 11.6. The van der Waals surface area contributed by atoms with Crippen LogP contribution in [0.3, 0.4) is 0 Å². The molecule has 0 unspecified atom stereocenters. The lowest BCUT2D eigenvalue weighted by Crippen LogP contribution is -2.04. The van der Waals surface area contributed by atoms with Crippen molar-refractivity contribution in [2.24, 2.45) is 0 Å². The van der Waals surface area contributed by atoms with Crippen LogP contribution in [0.2, 0.25) is 0 Å². The van der Waals surface area contributed by atoms with Gasteiger partial charge in [-0.2, -0.15) is 0 Å². The summed E-state index contributed by atoms with van der Waals surface area (Å²) in [5.74, 6) is -0.271. The summed E-state index contributed by atoms with van der Waals surface area (Å²) >= 11 is 0. The van der Waals surface area contributed by atoms with Gasteiger partial charge < -0.3 is 4.74 Å². The van der Waals surface area contributed by atoms with Crippen LogP contribution in [0.1, 0.15) is 31.4 Å². The second kappa shape index (κ2) is 8.95. The molecule has 0 atom stereocenters. The van der Waals surface area contributed by atoms with Crippen molar-refractivity contribution in [1.82, 2.24) is 0 Å². The fourth-order valence-electron chi connectivity index (χ4n) is 2.40. The minimum Gasteiger partial charge on any atom is -0.457 e. The zero-order chi connectivity index (χ0) is 19.1. The lowest BCUT2D eigenvalue weighted by Gasteiger charge is -2.07. The van der Waals surface area contributed by atoms with Gasteiger partial charge in [-0.25, -0.2) is 4.79 Å². The van der Waals surface area contributed by atoms with Crippen molar-refractivity contribution in [1.29, 1.82) is 0 Å². The summed E-state index contributed by atoms with van der Waals surface area (Å²) in [5, 5.41) is 0. The fourth-order valence-corrected chi connectivity index (χ4v) is 2.40. The molecule has 2 aromatic carbocycles. The highest BCUT2D eigenvalue weighted by Gasteiger charge is 2.05. The molecule has 0 fully saturated rings. The van der Waals surface area contributed by atoms with E-state index in [1.54, 1.807) is 13.8 Å². The lowest BCUT2D eigenvalue weighted by molar-refractivity contribution is -0.140. The first kappa shape index (κ1) is 19.4. The number of hydrogen-bond acceptors (Lipinski definition) is 3. The van der Waals surface area contributed by atoms with Crippen molar-refractivity contribution < 1.29 is 14.3 Å². The van der Waals surface area contributed by atoms with Gasteiger partial charge in [0.1, 0.15) is 6.61 Å². The smallest absolute Gasteiger partial charge is 0.333 e. The maximum Gasteiger partial charge on any atom is 0.333 e. The molecule has 0 amide bonds. The molecule has 134 valence electrons. The number of rotatable bonds is 8. The molecule has 0 aliphatic carbocycles. The van der Waals surface area contributed by atoms with Gasteiger partial charge >= 0.3 is 5.97 Å². The van der Waals surface area contributed by atoms with Crippen LogP contribution in [-0.2, 0) is 27.4 Å². The third-order valence-corrected chi connectivity index (χ3v) is 4.08. The minimum atomic E-state index is -0.380. The number of allylic oxidation sites excluding steroid dienone is 1. The predicted octanol–water partition coefficient (Wildman–Crippen LogP) is 5.05. The summed E-state index contributed by atoms with van der Waals surface area (Å²) in [4.78, 5) is 23.1. The Balaban J connectivity index is 1.96. The van der Waals surface area contributed by atoms with E-state index in [4.69, 9.17) is 4.74 Å². The molecule has 0 N–H and O–H groups in total. The summed E-state index contributed by atoms with van der Waals surface area (Å²) in [6, 6.07) is 16.1. The molecule has 0 aliphatic heterocycles. The third kappa shape index (κ3) is 5.55. The van der Waals surface area contributed by atoms with Crippen molar-refractivity contribution >= 4 is 11.8 Å². The van der Waals surface area contributed by atoms with Crippen LogP contribution in [0.25, 0.3) is 11.1 Å². The number of Topliss-reactive ketones (excluding diaryl/α,β-unsaturated/α-hetero) is 1. The van der Waals surface area contributed by atoms with E-state index in [-0.39, 0.29) is 18.4 Å². The molecule has 0 aromatic heterocycles. The van der Waals surface area contributed by atoms with E-state index in [1.807, 2.05) is 36.4 Å². The molecular formula is C23H24O3. The fraction of sp³-hybridized carbons (Fsp3) is 0.217. The van der Waals surface area contributed by atoms with Crippen molar-refractivity contribution in [3.8, 4) is 11.1 Å². The zero-order valence-corrected chi connectivity index (χ0v) is 15.4. The molecule has 0 heterocycles. The van der Waals surface area contributed by atoms with Crippen LogP contribution in [0, 0.1) is 0 Å². The van der Waals surface area contributed by atoms with E-state index in [0.29, 0.717) is 17.6 Å². The number of ketones is 1. The second-order valence-corrected chi connectivity index (χ2v) is 6.45. The summed E-state index contributed by atoms with van der Waals surface area (Å²) in [6.45, 7) is 10.9. The third-order valence-electron chi connectivity index (χ3n) is 4.08. The highest BCUT2D eigenvalue weighted by atomic mass is 16.5. The van der Waals surface area contributed by atoms with Crippen molar-refractivity contribution in [3.63, 3.8) is 0 Å². The monoisotopic (exact) mass is 348 g/mol. The SMILES string of the molecule is C=C(C)C(=O)CCc1ccc(-c2ccc(COC(=O)C(=C)C)cc2)cc1. The first-order valence-corrected chi connectivity index (χ1v) is 8.56. The van der Waals surface area contributed by atoms with Gasteiger partial charge in [-0.05, 0) is 48.1 Å². The molecule has 2 rings (SSSR count). The highest BCUT2D eigenvalue weighted by Crippen LogP contribution is 2.21. The van der Waals surface area contributed by atoms with Crippen LogP contribution in [0.4, 0.5) is 0 Å². The Bertz CT molecular complexity index is 740. The van der Waals surface area contributed by atoms with Gasteiger partial charge in [0.2, 0.25) is 0 Å². The molecular weight excluding hydrogens is 324 g/mol. The average Bonchev–Trinajstić information content (AvgIpc) is 2.64. The van der Waals surface area contributed by atoms with Gasteiger partial charge in [0.25, 0.3) is 0 Å². The van der Waals surface area contributed by atoms with Crippen molar-refractivity contribution in [2.75, 3.05) is 0 Å². The molecule has 2 aromatic rings. The minimum absolute atomic E-state index is 0.108. The Hall–Kier alpha value is -2.94. The Morgan fingerprint density at radius 2 is 1.31 bits per heavy atom. The van der Waals surface area contributed by atoms with Gasteiger partial charge in [-0.15, -0.1) is 0 Å². The Morgan fingerprint density at radius 1 is 0.808 bits per heavy atom. The van der Waals surface area contributed by atoms with Crippen LogP contribution < -0.4 is 0 Å². The average molecular weight is 348 g/mol. The molecule has 0 saturated heterocycles. The number of ether oxygens (including phenoxy) is 1. The van der Waals surface area contributed by atoms with Crippen LogP contribution in [0.15, 0.2) is 72.8 Å². The highest BCUT2D eigenvalue weighted by molar-refractivity contribution is 5.94. The normalized spacial score (nSPS) is 10.2. The summed E-state index contributed by atoms with van der Waals surface area (Å²) in [6.07, 6.45) is 1.21. The first-order chi connectivity index (χ1) is 12.4. The van der Waals surface area contributed by atoms with Crippen LogP contribution in [0.5, 0.6) is 0 Å². The van der Waals surface area contributed by atoms with Gasteiger partial charge in [-0.1, -0.05) is 61.7 Å². The lowest BCUT2D eigenvalue weighted by atomic mass is 10.00. The molecule has 0 bridgehead atoms. The number of carbonyl (C=O) groups excluding carboxylic acids is 2. The van der Waals surface area contributed by atoms with E-state index < -0.39 is 0 Å². The summed E-state index contributed by atoms with van der Waals surface area (Å²) in [7, 11) is 0. The van der Waals surface area contributed by atoms with Gasteiger partial charge in [0, 0.05) is 12.0 Å². The number of aryl methyl sites for hydroxylation is 1. The number of carbonyl (C=O) groups is 2. The molecule has 26 heavy (non-hydrogen) atoms. The molecule has 0 saturated carbocycles. The van der Waals surface area contributed by atoms with Gasteiger partial charge in [0.05, 0.1) is 0 Å². The maximum absolute atomic E-state index is 11.6. The summed E-state index contributed by atoms with van der Waals surface area (Å²) in [5.41, 5.74) is 5.25. The first-order valence-electron chi connectivity index (χ1n) is 8.56. The van der Waals surface area contributed by atoms with E-state index in [1.165, 1.54) is 0 Å². The van der Waals surface area contributed by atoms with Crippen molar-refractivity contribution in [3.05, 3.63) is 84.0 Å². The molecule has 0 spiro atoms. The largest absolute Gasteiger partial charge is 0.457 e. The van der Waals surface area contributed by atoms with Crippen LogP contribution >= 0.6 is 0 Å². The Kier molecular flexibility index (Phi) is 6.67. The Morgan fingerprint density at radius 3 is 1.77 bits per heavy atom. The molecule has 3 nitrogen and oxygen atoms in total. The standard InChI is InChI=1S/C23H24O3/c1-16(2)22(24)14-9-18-5-10-20(11-6-18)21-12-7-19(8-13-21)15-26-23(25)17(3)4/h5-8,10-13H,1,3,9,14-15H2,2,4H3. The van der Waals surface area contributed by atoms with Gasteiger partial charge in [-0.3, -0.25) is 4.79 Å². The summed E-state index contributed by atoms with van der Waals surface area (Å²) < 4.78 is 5.14. The van der Waals surface area contributed by atoms with Crippen LogP contribution in [-0.4, -0.2) is 11.8 Å². The van der Waals surface area contributed by atoms with E-state index in [0.717, 1.165) is 28.7 Å². The number of hydrogen-bond donors (Lipinski definition) is 0. The van der Waals surface area contributed by atoms with E-state index >= 15 is 0 Å². The van der Waals surface area contributed by atoms with E-state index in [2.05, 4.69) is 25.3 Å². The Labute approximate surface area is 155 Å². The van der Waals surface area contributed by atoms with Crippen molar-refractivity contribution in [2.45, 2.75) is 33.3 Å². The quantitative estimate of drug-likeness (QED) is 0.495. The second-order valence-electron chi connectivity index (χ2n) is 6.45. The molecule has 0 radical (unpaired) electrons. The van der Waals surface area contributed by atoms with Gasteiger partial charge in [0.15, 0.2) is 5.78 Å². The number of benzene rings is 2.